The summed E-state index contributed by atoms with van der Waals surface area (Å²) in [5, 5.41) is 5.45. The quantitative estimate of drug-likeness (QED) is 0.714. The van der Waals surface area contributed by atoms with Crippen molar-refractivity contribution in [2.24, 2.45) is 11.7 Å². The number of urea groups is 1. The molecule has 1 aliphatic rings. The molecule has 1 unspecified atom stereocenters. The molecule has 26 heavy (non-hydrogen) atoms. The number of halogens is 1. The Balaban J connectivity index is 2.02. The number of ether oxygens (including phenoxy) is 1. The van der Waals surface area contributed by atoms with Crippen LogP contribution in [-0.2, 0) is 9.53 Å². The maximum absolute atomic E-state index is 12.7. The zero-order valence-electron chi connectivity index (χ0n) is 14.8. The van der Waals surface area contributed by atoms with Crippen molar-refractivity contribution in [3.8, 4) is 0 Å². The van der Waals surface area contributed by atoms with E-state index in [2.05, 4.69) is 10.6 Å². The van der Waals surface area contributed by atoms with Gasteiger partial charge >= 0.3 is 6.03 Å². The first kappa shape index (κ1) is 20.0. The Morgan fingerprint density at radius 2 is 1.88 bits per heavy atom. The van der Waals surface area contributed by atoms with Gasteiger partial charge in [-0.25, -0.2) is 4.79 Å². The summed E-state index contributed by atoms with van der Waals surface area (Å²) in [4.78, 5) is 37.8. The normalized spacial score (nSPS) is 15.5. The molecule has 1 fully saturated rings. The highest BCUT2D eigenvalue weighted by molar-refractivity contribution is 6.34. The Bertz CT molecular complexity index is 689. The molecule has 4 N–H and O–H groups in total. The molecule has 0 bridgehead atoms. The van der Waals surface area contributed by atoms with Crippen LogP contribution in [0.2, 0.25) is 5.02 Å². The molecule has 1 aliphatic heterocycles. The minimum absolute atomic E-state index is 0.0862. The first-order valence-corrected chi connectivity index (χ1v) is 8.70. The van der Waals surface area contributed by atoms with Gasteiger partial charge in [-0.1, -0.05) is 25.4 Å². The second kappa shape index (κ2) is 8.86. The Morgan fingerprint density at radius 1 is 1.23 bits per heavy atom. The fraction of sp³-hybridized carbons (Fsp3) is 0.471. The molecule has 9 heteroatoms. The summed E-state index contributed by atoms with van der Waals surface area (Å²) in [5.41, 5.74) is 5.75. The van der Waals surface area contributed by atoms with Crippen LogP contribution in [0.25, 0.3) is 0 Å². The van der Waals surface area contributed by atoms with Crippen molar-refractivity contribution in [3.05, 3.63) is 28.8 Å². The number of hydrogen-bond acceptors (Lipinski definition) is 4. The smallest absolute Gasteiger partial charge is 0.319 e. The van der Waals surface area contributed by atoms with Crippen LogP contribution >= 0.6 is 11.6 Å². The number of benzene rings is 1. The standard InChI is InChI=1S/C17H23ClN4O4/c1-10(2)14(16(24)22-5-7-26-8-6-22)21-17(25)20-11-3-4-12(15(19)23)13(18)9-11/h3-4,9-10,14H,5-8H2,1-2H3,(H2,19,23)(H2,20,21,25). The fourth-order valence-electron chi connectivity index (χ4n) is 2.60. The van der Waals surface area contributed by atoms with E-state index in [-0.39, 0.29) is 22.4 Å². The van der Waals surface area contributed by atoms with Crippen molar-refractivity contribution in [1.29, 1.82) is 0 Å². The number of carbonyl (C=O) groups is 3. The van der Waals surface area contributed by atoms with Crippen molar-refractivity contribution in [2.45, 2.75) is 19.9 Å². The van der Waals surface area contributed by atoms with Gasteiger partial charge in [0.25, 0.3) is 0 Å². The highest BCUT2D eigenvalue weighted by Crippen LogP contribution is 2.20. The molecule has 1 heterocycles. The number of nitrogens with zero attached hydrogens (tertiary/aromatic N) is 1. The van der Waals surface area contributed by atoms with Crippen LogP contribution in [0.5, 0.6) is 0 Å². The first-order valence-electron chi connectivity index (χ1n) is 8.33. The Kier molecular flexibility index (Phi) is 6.82. The molecule has 1 aromatic rings. The van der Waals surface area contributed by atoms with Gasteiger partial charge < -0.3 is 26.0 Å². The minimum Gasteiger partial charge on any atom is -0.378 e. The molecule has 2 rings (SSSR count). The van der Waals surface area contributed by atoms with Crippen molar-refractivity contribution < 1.29 is 19.1 Å². The zero-order chi connectivity index (χ0) is 19.3. The third-order valence-electron chi connectivity index (χ3n) is 4.03. The molecule has 0 saturated carbocycles. The molecular weight excluding hydrogens is 360 g/mol. The average molecular weight is 383 g/mol. The van der Waals surface area contributed by atoms with E-state index < -0.39 is 18.0 Å². The van der Waals surface area contributed by atoms with Gasteiger partial charge in [-0.3, -0.25) is 9.59 Å². The summed E-state index contributed by atoms with van der Waals surface area (Å²) >= 11 is 5.97. The third kappa shape index (κ3) is 5.09. The third-order valence-corrected chi connectivity index (χ3v) is 4.35. The van der Waals surface area contributed by atoms with E-state index in [1.165, 1.54) is 18.2 Å². The second-order valence-corrected chi connectivity index (χ2v) is 6.72. The number of hydrogen-bond donors (Lipinski definition) is 3. The van der Waals surface area contributed by atoms with E-state index in [1.54, 1.807) is 4.90 Å². The number of nitrogens with one attached hydrogen (secondary N) is 2. The van der Waals surface area contributed by atoms with Crippen LogP contribution in [0.15, 0.2) is 18.2 Å². The zero-order valence-corrected chi connectivity index (χ0v) is 15.5. The van der Waals surface area contributed by atoms with E-state index in [4.69, 9.17) is 22.1 Å². The van der Waals surface area contributed by atoms with E-state index in [0.717, 1.165) is 0 Å². The highest BCUT2D eigenvalue weighted by Gasteiger charge is 2.29. The van der Waals surface area contributed by atoms with Crippen LogP contribution < -0.4 is 16.4 Å². The molecule has 8 nitrogen and oxygen atoms in total. The maximum Gasteiger partial charge on any atom is 0.319 e. The summed E-state index contributed by atoms with van der Waals surface area (Å²) in [6, 6.07) is 3.18. The van der Waals surface area contributed by atoms with Crippen molar-refractivity contribution >= 4 is 35.1 Å². The summed E-state index contributed by atoms with van der Waals surface area (Å²) in [7, 11) is 0. The molecule has 0 spiro atoms. The lowest BCUT2D eigenvalue weighted by Crippen LogP contribution is -2.54. The molecule has 0 aromatic heterocycles. The number of amides is 4. The second-order valence-electron chi connectivity index (χ2n) is 6.32. The lowest BCUT2D eigenvalue weighted by Gasteiger charge is -2.32. The van der Waals surface area contributed by atoms with Gasteiger partial charge in [0, 0.05) is 18.8 Å². The van der Waals surface area contributed by atoms with E-state index in [9.17, 15) is 14.4 Å². The number of rotatable bonds is 5. The minimum atomic E-state index is -0.659. The average Bonchev–Trinajstić information content (AvgIpc) is 2.59. The number of anilines is 1. The van der Waals surface area contributed by atoms with E-state index >= 15 is 0 Å². The molecule has 142 valence electrons. The largest absolute Gasteiger partial charge is 0.378 e. The summed E-state index contributed by atoms with van der Waals surface area (Å²) in [6.45, 7) is 5.73. The van der Waals surface area contributed by atoms with Crippen molar-refractivity contribution in [2.75, 3.05) is 31.6 Å². The Morgan fingerprint density at radius 3 is 2.42 bits per heavy atom. The lowest BCUT2D eigenvalue weighted by molar-refractivity contribution is -0.138. The van der Waals surface area contributed by atoms with Gasteiger partial charge in [0.05, 0.1) is 23.8 Å². The summed E-state index contributed by atoms with van der Waals surface area (Å²) in [5.74, 6) is -0.875. The van der Waals surface area contributed by atoms with Gasteiger partial charge in [-0.2, -0.15) is 0 Å². The predicted octanol–water partition coefficient (Wildman–Crippen LogP) is 1.44. The van der Waals surface area contributed by atoms with Crippen LogP contribution in [0, 0.1) is 5.92 Å². The highest BCUT2D eigenvalue weighted by atomic mass is 35.5. The maximum atomic E-state index is 12.7. The molecule has 0 radical (unpaired) electrons. The summed E-state index contributed by atoms with van der Waals surface area (Å²) in [6.07, 6.45) is 0. The van der Waals surface area contributed by atoms with Crippen LogP contribution in [0.1, 0.15) is 24.2 Å². The number of nitrogens with two attached hydrogens (primary N) is 1. The first-order chi connectivity index (χ1) is 12.3. The van der Waals surface area contributed by atoms with Crippen LogP contribution in [0.3, 0.4) is 0 Å². The monoisotopic (exact) mass is 382 g/mol. The van der Waals surface area contributed by atoms with Crippen LogP contribution in [-0.4, -0.2) is 55.1 Å². The predicted molar refractivity (Wildman–Crippen MR) is 98.1 cm³/mol. The Hall–Kier alpha value is -2.32. The molecule has 4 amide bonds. The van der Waals surface area contributed by atoms with Crippen molar-refractivity contribution in [1.82, 2.24) is 10.2 Å². The van der Waals surface area contributed by atoms with Gasteiger partial charge in [-0.15, -0.1) is 0 Å². The van der Waals surface area contributed by atoms with Crippen molar-refractivity contribution in [3.63, 3.8) is 0 Å². The van der Waals surface area contributed by atoms with Gasteiger partial charge in [0.15, 0.2) is 0 Å². The molecule has 1 aromatic carbocycles. The van der Waals surface area contributed by atoms with E-state index in [0.29, 0.717) is 32.0 Å². The van der Waals surface area contributed by atoms with E-state index in [1.807, 2.05) is 13.8 Å². The molecule has 1 saturated heterocycles. The van der Waals surface area contributed by atoms with Gasteiger partial charge in [0.1, 0.15) is 6.04 Å². The number of primary amides is 1. The molecule has 1 atom stereocenters. The topological polar surface area (TPSA) is 114 Å². The fourth-order valence-corrected chi connectivity index (χ4v) is 2.87. The lowest BCUT2D eigenvalue weighted by atomic mass is 10.0. The van der Waals surface area contributed by atoms with Gasteiger partial charge in [0.2, 0.25) is 11.8 Å². The van der Waals surface area contributed by atoms with Crippen LogP contribution in [0.4, 0.5) is 10.5 Å². The number of morpholine rings is 1. The Labute approximate surface area is 157 Å². The number of carbonyl (C=O) groups excluding carboxylic acids is 3. The van der Waals surface area contributed by atoms with Gasteiger partial charge in [-0.05, 0) is 24.1 Å². The SMILES string of the molecule is CC(C)C(NC(=O)Nc1ccc(C(N)=O)c(Cl)c1)C(=O)N1CCOCC1. The molecule has 0 aliphatic carbocycles. The summed E-state index contributed by atoms with van der Waals surface area (Å²) < 4.78 is 5.25. The molecular formula is C17H23ClN4O4.